The minimum Gasteiger partial charge on any atom is -0.365 e. The molecular weight excluding hydrogens is 104 g/mol. The van der Waals surface area contributed by atoms with Gasteiger partial charge in [-0.25, -0.2) is 0 Å². The molecule has 1 aliphatic heterocycles. The van der Waals surface area contributed by atoms with Crippen LogP contribution in [0.2, 0.25) is 0 Å². The summed E-state index contributed by atoms with van der Waals surface area (Å²) in [7, 11) is 0. The average molecular weight is 116 g/mol. The zero-order valence-corrected chi connectivity index (χ0v) is 4.89. The Kier molecular flexibility index (Phi) is 2.27. The average Bonchev–Trinajstić information content (AvgIpc) is 1.94. The van der Waals surface area contributed by atoms with Crippen molar-refractivity contribution < 1.29 is 4.74 Å². The summed E-state index contributed by atoms with van der Waals surface area (Å²) in [6.07, 6.45) is 1.03. The molecule has 3 N–H and O–H groups in total. The van der Waals surface area contributed by atoms with Gasteiger partial charge in [-0.05, 0) is 13.0 Å². The number of hydrogen-bond acceptors (Lipinski definition) is 3. The summed E-state index contributed by atoms with van der Waals surface area (Å²) in [4.78, 5) is 0. The van der Waals surface area contributed by atoms with E-state index >= 15 is 0 Å². The van der Waals surface area contributed by atoms with E-state index in [0.29, 0.717) is 13.3 Å². The van der Waals surface area contributed by atoms with Gasteiger partial charge < -0.3 is 10.5 Å². The molecule has 1 aliphatic rings. The molecule has 0 aromatic carbocycles. The predicted octanol–water partition coefficient (Wildman–Crippen LogP) is -0.719. The molecule has 1 fully saturated rings. The highest BCUT2D eigenvalue weighted by atomic mass is 16.5. The van der Waals surface area contributed by atoms with Crippen molar-refractivity contribution in [3.63, 3.8) is 0 Å². The third kappa shape index (κ3) is 1.78. The molecule has 1 rings (SSSR count). The van der Waals surface area contributed by atoms with Crippen LogP contribution in [0.15, 0.2) is 0 Å². The summed E-state index contributed by atoms with van der Waals surface area (Å²) in [6, 6.07) is 0.241. The van der Waals surface area contributed by atoms with E-state index in [1.807, 2.05) is 0 Å². The molecule has 0 spiro atoms. The second kappa shape index (κ2) is 3.02. The molecule has 8 heavy (non-hydrogen) atoms. The summed E-state index contributed by atoms with van der Waals surface area (Å²) in [5, 5.41) is 3.08. The fourth-order valence-corrected chi connectivity index (χ4v) is 0.725. The van der Waals surface area contributed by atoms with Gasteiger partial charge in [-0.3, -0.25) is 5.32 Å². The fourth-order valence-electron chi connectivity index (χ4n) is 0.725. The molecule has 48 valence electrons. The first-order valence-corrected chi connectivity index (χ1v) is 2.93. The topological polar surface area (TPSA) is 47.3 Å². The molecule has 0 aromatic rings. The Balaban J connectivity index is 2.17. The van der Waals surface area contributed by atoms with Gasteiger partial charge in [0.05, 0.1) is 13.3 Å². The van der Waals surface area contributed by atoms with Crippen LogP contribution in [0.3, 0.4) is 0 Å². The van der Waals surface area contributed by atoms with Gasteiger partial charge in [0, 0.05) is 6.04 Å². The highest BCUT2D eigenvalue weighted by Gasteiger charge is 2.04. The van der Waals surface area contributed by atoms with Gasteiger partial charge in [-0.15, -0.1) is 0 Å². The Morgan fingerprint density at radius 3 is 3.38 bits per heavy atom. The Bertz CT molecular complexity index is 59.4. The second-order valence-corrected chi connectivity index (χ2v) is 2.06. The van der Waals surface area contributed by atoms with E-state index in [2.05, 4.69) is 5.32 Å². The Labute approximate surface area is 49.2 Å². The van der Waals surface area contributed by atoms with Gasteiger partial charge in [-0.2, -0.15) is 0 Å². The molecule has 0 radical (unpaired) electrons. The third-order valence-electron chi connectivity index (χ3n) is 1.23. The number of ether oxygens (including phenoxy) is 1. The number of hydrogen-bond donors (Lipinski definition) is 2. The summed E-state index contributed by atoms with van der Waals surface area (Å²) in [5.74, 6) is 0. The van der Waals surface area contributed by atoms with Crippen molar-refractivity contribution in [2.75, 3.05) is 19.9 Å². The molecule has 1 heterocycles. The molecule has 1 saturated heterocycles. The smallest absolute Gasteiger partial charge is 0.0966 e. The molecule has 1 atom stereocenters. The van der Waals surface area contributed by atoms with Crippen molar-refractivity contribution in [1.82, 2.24) is 5.32 Å². The lowest BCUT2D eigenvalue weighted by Crippen LogP contribution is -2.25. The van der Waals surface area contributed by atoms with Gasteiger partial charge >= 0.3 is 0 Å². The van der Waals surface area contributed by atoms with Crippen molar-refractivity contribution in [3.05, 3.63) is 0 Å². The Morgan fingerprint density at radius 1 is 1.62 bits per heavy atom. The van der Waals surface area contributed by atoms with Crippen molar-refractivity contribution >= 4 is 0 Å². The monoisotopic (exact) mass is 116 g/mol. The number of nitrogens with two attached hydrogens (primary N) is 1. The number of rotatable bonds is 0. The largest absolute Gasteiger partial charge is 0.365 e. The molecular formula is C5H12N2O. The van der Waals surface area contributed by atoms with Gasteiger partial charge in [0.1, 0.15) is 0 Å². The summed E-state index contributed by atoms with van der Waals surface area (Å²) in [5.41, 5.74) is 5.57. The van der Waals surface area contributed by atoms with Crippen molar-refractivity contribution in [1.29, 1.82) is 0 Å². The maximum absolute atomic E-state index is 5.57. The zero-order valence-electron chi connectivity index (χ0n) is 4.89. The SMILES string of the molecule is NC1CCNCOC1. The highest BCUT2D eigenvalue weighted by Crippen LogP contribution is 1.90. The van der Waals surface area contributed by atoms with Gasteiger partial charge in [0.25, 0.3) is 0 Å². The Hall–Kier alpha value is -0.120. The molecule has 0 bridgehead atoms. The maximum Gasteiger partial charge on any atom is 0.0966 e. The minimum atomic E-state index is 0.241. The van der Waals surface area contributed by atoms with Crippen molar-refractivity contribution in [2.45, 2.75) is 12.5 Å². The molecule has 1 unspecified atom stereocenters. The quantitative estimate of drug-likeness (QED) is 0.439. The lowest BCUT2D eigenvalue weighted by molar-refractivity contribution is 0.123. The van der Waals surface area contributed by atoms with E-state index in [9.17, 15) is 0 Å². The van der Waals surface area contributed by atoms with E-state index in [0.717, 1.165) is 13.0 Å². The maximum atomic E-state index is 5.57. The molecule has 0 aliphatic carbocycles. The van der Waals surface area contributed by atoms with E-state index in [4.69, 9.17) is 10.5 Å². The summed E-state index contributed by atoms with van der Waals surface area (Å²) < 4.78 is 5.07. The molecule has 0 amide bonds. The fraction of sp³-hybridized carbons (Fsp3) is 1.00. The van der Waals surface area contributed by atoms with Crippen LogP contribution in [-0.4, -0.2) is 25.9 Å². The minimum absolute atomic E-state index is 0.241. The highest BCUT2D eigenvalue weighted by molar-refractivity contribution is 4.63. The zero-order chi connectivity index (χ0) is 5.82. The van der Waals surface area contributed by atoms with Gasteiger partial charge in [0.15, 0.2) is 0 Å². The molecule has 0 saturated carbocycles. The van der Waals surface area contributed by atoms with E-state index < -0.39 is 0 Å². The standard InChI is InChI=1S/C5H12N2O/c6-5-1-2-7-4-8-3-5/h5,7H,1-4,6H2. The number of nitrogens with one attached hydrogen (secondary N) is 1. The Morgan fingerprint density at radius 2 is 2.50 bits per heavy atom. The predicted molar refractivity (Wildman–Crippen MR) is 31.4 cm³/mol. The van der Waals surface area contributed by atoms with Crippen molar-refractivity contribution in [2.24, 2.45) is 5.73 Å². The van der Waals surface area contributed by atoms with Crippen LogP contribution in [0.4, 0.5) is 0 Å². The summed E-state index contributed by atoms with van der Waals surface area (Å²) >= 11 is 0. The van der Waals surface area contributed by atoms with Crippen LogP contribution < -0.4 is 11.1 Å². The van der Waals surface area contributed by atoms with E-state index in [1.54, 1.807) is 0 Å². The van der Waals surface area contributed by atoms with Gasteiger partial charge in [-0.1, -0.05) is 0 Å². The van der Waals surface area contributed by atoms with Crippen LogP contribution in [0, 0.1) is 0 Å². The third-order valence-corrected chi connectivity index (χ3v) is 1.23. The first-order valence-electron chi connectivity index (χ1n) is 2.93. The molecule has 0 aromatic heterocycles. The molecule has 3 heteroatoms. The van der Waals surface area contributed by atoms with Crippen LogP contribution >= 0.6 is 0 Å². The summed E-state index contributed by atoms with van der Waals surface area (Å²) in [6.45, 7) is 2.35. The van der Waals surface area contributed by atoms with Crippen LogP contribution in [0.25, 0.3) is 0 Å². The van der Waals surface area contributed by atoms with Crippen LogP contribution in [0.5, 0.6) is 0 Å². The van der Waals surface area contributed by atoms with Crippen LogP contribution in [-0.2, 0) is 4.74 Å². The normalized spacial score (nSPS) is 31.9. The van der Waals surface area contributed by atoms with E-state index in [-0.39, 0.29) is 6.04 Å². The first kappa shape index (κ1) is 6.01. The lowest BCUT2D eigenvalue weighted by atomic mass is 10.2. The second-order valence-electron chi connectivity index (χ2n) is 2.06. The van der Waals surface area contributed by atoms with E-state index in [1.165, 1.54) is 0 Å². The molecule has 3 nitrogen and oxygen atoms in total. The first-order chi connectivity index (χ1) is 3.89. The lowest BCUT2D eigenvalue weighted by Gasteiger charge is -2.02. The van der Waals surface area contributed by atoms with Crippen LogP contribution in [0.1, 0.15) is 6.42 Å². The van der Waals surface area contributed by atoms with Gasteiger partial charge in [0.2, 0.25) is 0 Å². The van der Waals surface area contributed by atoms with Crippen molar-refractivity contribution in [3.8, 4) is 0 Å².